The molecule has 82 valence electrons. The molecule has 0 aliphatic rings. The zero-order chi connectivity index (χ0) is 11.4. The number of ether oxygens (including phenoxy) is 1. The van der Waals surface area contributed by atoms with Crippen molar-refractivity contribution in [3.63, 3.8) is 0 Å². The maximum absolute atomic E-state index is 11.6. The number of ketones is 1. The van der Waals surface area contributed by atoms with E-state index in [1.807, 2.05) is 32.9 Å². The monoisotopic (exact) mass is 207 g/mol. The lowest BCUT2D eigenvalue weighted by atomic mass is 10.0. The van der Waals surface area contributed by atoms with Gasteiger partial charge in [0.15, 0.2) is 5.78 Å². The number of hydrogen-bond acceptors (Lipinski definition) is 3. The highest BCUT2D eigenvalue weighted by Gasteiger charge is 2.14. The molecule has 0 radical (unpaired) electrons. The van der Waals surface area contributed by atoms with Crippen LogP contribution in [0.15, 0.2) is 18.2 Å². The number of aryl methyl sites for hydroxylation is 1. The van der Waals surface area contributed by atoms with E-state index < -0.39 is 0 Å². The predicted molar refractivity (Wildman–Crippen MR) is 60.3 cm³/mol. The fourth-order valence-corrected chi connectivity index (χ4v) is 1.45. The molecule has 0 aromatic heterocycles. The van der Waals surface area contributed by atoms with Crippen molar-refractivity contribution in [3.8, 4) is 5.75 Å². The van der Waals surface area contributed by atoms with Crippen molar-refractivity contribution >= 4 is 5.78 Å². The molecule has 2 N–H and O–H groups in total. The van der Waals surface area contributed by atoms with Gasteiger partial charge in [-0.1, -0.05) is 12.1 Å². The van der Waals surface area contributed by atoms with E-state index in [9.17, 15) is 4.79 Å². The zero-order valence-electron chi connectivity index (χ0n) is 9.41. The van der Waals surface area contributed by atoms with E-state index in [2.05, 4.69) is 0 Å². The first-order valence-electron chi connectivity index (χ1n) is 5.05. The Kier molecular flexibility index (Phi) is 3.86. The van der Waals surface area contributed by atoms with E-state index in [0.29, 0.717) is 11.3 Å². The molecule has 0 unspecified atom stereocenters. The van der Waals surface area contributed by atoms with Gasteiger partial charge in [-0.05, 0) is 32.4 Å². The van der Waals surface area contributed by atoms with Crippen LogP contribution in [0.4, 0.5) is 0 Å². The van der Waals surface area contributed by atoms with E-state index in [-0.39, 0.29) is 18.4 Å². The summed E-state index contributed by atoms with van der Waals surface area (Å²) in [5.41, 5.74) is 6.88. The van der Waals surface area contributed by atoms with Gasteiger partial charge in [0.1, 0.15) is 5.75 Å². The van der Waals surface area contributed by atoms with Gasteiger partial charge in [-0.2, -0.15) is 0 Å². The van der Waals surface area contributed by atoms with Crippen molar-refractivity contribution in [2.24, 2.45) is 5.73 Å². The van der Waals surface area contributed by atoms with Crippen LogP contribution in [-0.4, -0.2) is 18.4 Å². The quantitative estimate of drug-likeness (QED) is 0.767. The third-order valence-corrected chi connectivity index (χ3v) is 2.06. The summed E-state index contributed by atoms with van der Waals surface area (Å²) in [6.07, 6.45) is 0.0520. The maximum atomic E-state index is 11.6. The number of rotatable bonds is 4. The van der Waals surface area contributed by atoms with E-state index in [1.54, 1.807) is 6.07 Å². The van der Waals surface area contributed by atoms with Crippen LogP contribution in [0, 0.1) is 6.92 Å². The summed E-state index contributed by atoms with van der Waals surface area (Å²) in [4.78, 5) is 11.6. The average Bonchev–Trinajstić information content (AvgIpc) is 2.16. The highest BCUT2D eigenvalue weighted by Crippen LogP contribution is 2.23. The third-order valence-electron chi connectivity index (χ3n) is 2.06. The minimum Gasteiger partial charge on any atom is -0.490 e. The second kappa shape index (κ2) is 4.94. The first kappa shape index (κ1) is 11.7. The summed E-state index contributed by atoms with van der Waals surface area (Å²) < 4.78 is 5.57. The molecule has 0 fully saturated rings. The van der Waals surface area contributed by atoms with Crippen LogP contribution < -0.4 is 10.5 Å². The Bertz CT molecular complexity index is 359. The van der Waals surface area contributed by atoms with Crippen LogP contribution in [0.2, 0.25) is 0 Å². The Morgan fingerprint density at radius 2 is 2.13 bits per heavy atom. The van der Waals surface area contributed by atoms with Gasteiger partial charge in [0.05, 0.1) is 18.2 Å². The molecular formula is C12H17NO2. The van der Waals surface area contributed by atoms with Gasteiger partial charge in [0.25, 0.3) is 0 Å². The highest BCUT2D eigenvalue weighted by atomic mass is 16.5. The lowest BCUT2D eigenvalue weighted by molar-refractivity contribution is 0.0995. The van der Waals surface area contributed by atoms with Gasteiger partial charge in [0.2, 0.25) is 0 Å². The Hall–Kier alpha value is -1.35. The van der Waals surface area contributed by atoms with Gasteiger partial charge in [0, 0.05) is 0 Å². The fourth-order valence-electron chi connectivity index (χ4n) is 1.45. The molecule has 0 spiro atoms. The molecule has 15 heavy (non-hydrogen) atoms. The third kappa shape index (κ3) is 2.80. The second-order valence-electron chi connectivity index (χ2n) is 3.74. The molecule has 0 heterocycles. The molecule has 3 nitrogen and oxygen atoms in total. The van der Waals surface area contributed by atoms with E-state index in [0.717, 1.165) is 5.56 Å². The van der Waals surface area contributed by atoms with Gasteiger partial charge >= 0.3 is 0 Å². The Labute approximate surface area is 90.2 Å². The van der Waals surface area contributed by atoms with Gasteiger partial charge in [-0.25, -0.2) is 0 Å². The normalized spacial score (nSPS) is 10.5. The molecule has 0 amide bonds. The van der Waals surface area contributed by atoms with E-state index in [1.165, 1.54) is 0 Å². The molecule has 0 atom stereocenters. The second-order valence-corrected chi connectivity index (χ2v) is 3.74. The summed E-state index contributed by atoms with van der Waals surface area (Å²) in [5, 5.41) is 0. The summed E-state index contributed by atoms with van der Waals surface area (Å²) in [6.45, 7) is 5.76. The largest absolute Gasteiger partial charge is 0.490 e. The van der Waals surface area contributed by atoms with E-state index >= 15 is 0 Å². The zero-order valence-corrected chi connectivity index (χ0v) is 9.41. The highest BCUT2D eigenvalue weighted by molar-refractivity contribution is 6.01. The number of benzene rings is 1. The van der Waals surface area contributed by atoms with Gasteiger partial charge < -0.3 is 10.5 Å². The Morgan fingerprint density at radius 3 is 2.67 bits per heavy atom. The van der Waals surface area contributed by atoms with Crippen LogP contribution in [-0.2, 0) is 0 Å². The van der Waals surface area contributed by atoms with Crippen molar-refractivity contribution in [3.05, 3.63) is 29.3 Å². The molecule has 3 heteroatoms. The Morgan fingerprint density at radius 1 is 1.47 bits per heavy atom. The number of carbonyl (C=O) groups excluding carboxylic acids is 1. The number of Topliss-reactive ketones (excluding diaryl/α,β-unsaturated/α-hetero) is 1. The smallest absolute Gasteiger partial charge is 0.180 e. The SMILES string of the molecule is Cc1cccc(OC(C)C)c1C(=O)CN. The van der Waals surface area contributed by atoms with E-state index in [4.69, 9.17) is 10.5 Å². The van der Waals surface area contributed by atoms with Crippen molar-refractivity contribution in [2.45, 2.75) is 26.9 Å². The first-order chi connectivity index (χ1) is 7.06. The molecular weight excluding hydrogens is 190 g/mol. The standard InChI is InChI=1S/C12H17NO2/c1-8(2)15-11-6-4-5-9(3)12(11)10(14)7-13/h4-6,8H,7,13H2,1-3H3. The molecule has 0 saturated carbocycles. The van der Waals surface area contributed by atoms with Crippen LogP contribution in [0.5, 0.6) is 5.75 Å². The summed E-state index contributed by atoms with van der Waals surface area (Å²) in [6, 6.07) is 5.56. The summed E-state index contributed by atoms with van der Waals surface area (Å²) >= 11 is 0. The molecule has 1 aromatic rings. The lowest BCUT2D eigenvalue weighted by Crippen LogP contribution is -2.17. The molecule has 0 aliphatic heterocycles. The Balaban J connectivity index is 3.14. The first-order valence-corrected chi connectivity index (χ1v) is 5.05. The van der Waals surface area contributed by atoms with Gasteiger partial charge in [-0.15, -0.1) is 0 Å². The topological polar surface area (TPSA) is 52.3 Å². The minimum atomic E-state index is -0.0799. The molecule has 0 aliphatic carbocycles. The average molecular weight is 207 g/mol. The van der Waals surface area contributed by atoms with Gasteiger partial charge in [-0.3, -0.25) is 4.79 Å². The number of nitrogens with two attached hydrogens (primary N) is 1. The number of hydrogen-bond donors (Lipinski definition) is 1. The molecule has 1 rings (SSSR count). The van der Waals surface area contributed by atoms with Crippen molar-refractivity contribution in [1.82, 2.24) is 0 Å². The summed E-state index contributed by atoms with van der Waals surface area (Å²) in [5.74, 6) is 0.546. The van der Waals surface area contributed by atoms with Crippen LogP contribution in [0.3, 0.4) is 0 Å². The minimum absolute atomic E-state index is 0.0132. The van der Waals surface area contributed by atoms with Crippen LogP contribution in [0.25, 0.3) is 0 Å². The van der Waals surface area contributed by atoms with Crippen molar-refractivity contribution < 1.29 is 9.53 Å². The molecule has 0 bridgehead atoms. The maximum Gasteiger partial charge on any atom is 0.180 e. The van der Waals surface area contributed by atoms with Crippen molar-refractivity contribution in [2.75, 3.05) is 6.54 Å². The van der Waals surface area contributed by atoms with Crippen molar-refractivity contribution in [1.29, 1.82) is 0 Å². The number of carbonyl (C=O) groups is 1. The summed E-state index contributed by atoms with van der Waals surface area (Å²) in [7, 11) is 0. The van der Waals surface area contributed by atoms with Crippen LogP contribution in [0.1, 0.15) is 29.8 Å². The van der Waals surface area contributed by atoms with Crippen LogP contribution >= 0.6 is 0 Å². The fraction of sp³-hybridized carbons (Fsp3) is 0.417. The molecule has 1 aromatic carbocycles. The lowest BCUT2D eigenvalue weighted by Gasteiger charge is -2.14. The predicted octanol–water partition coefficient (Wildman–Crippen LogP) is 1.92. The molecule has 0 saturated heterocycles.